The third-order valence-corrected chi connectivity index (χ3v) is 4.65. The first kappa shape index (κ1) is 17.0. The summed E-state index contributed by atoms with van der Waals surface area (Å²) in [4.78, 5) is 9.54. The smallest absolute Gasteiger partial charge is 0.228 e. The molecule has 0 saturated carbocycles. The Hall–Kier alpha value is -1.79. The fraction of sp³-hybridized carbons (Fsp3) is 0.176. The van der Waals surface area contributed by atoms with Crippen LogP contribution in [0.1, 0.15) is 12.5 Å². The minimum absolute atomic E-state index is 0.139. The molecule has 3 rings (SSSR count). The highest BCUT2D eigenvalue weighted by molar-refractivity contribution is 7.99. The summed E-state index contributed by atoms with van der Waals surface area (Å²) in [5.74, 6) is 1.18. The predicted octanol–water partition coefficient (Wildman–Crippen LogP) is 6.08. The van der Waals surface area contributed by atoms with Crippen molar-refractivity contribution >= 4 is 34.3 Å². The second kappa shape index (κ2) is 6.61. The zero-order chi connectivity index (χ0) is 17.3. The van der Waals surface area contributed by atoms with Crippen LogP contribution in [0.15, 0.2) is 47.4 Å². The van der Waals surface area contributed by atoms with Crippen LogP contribution in [0.4, 0.5) is 13.2 Å². The van der Waals surface area contributed by atoms with Gasteiger partial charge < -0.3 is 0 Å². The number of rotatable bonds is 3. The molecule has 2 aromatic carbocycles. The number of hydrogen-bond donors (Lipinski definition) is 0. The first-order chi connectivity index (χ1) is 11.4. The number of hydrogen-bond acceptors (Lipinski definition) is 3. The average molecular weight is 369 g/mol. The average Bonchev–Trinajstić information content (AvgIpc) is 2.54. The van der Waals surface area contributed by atoms with Crippen LogP contribution in [-0.4, -0.2) is 15.7 Å². The molecule has 24 heavy (non-hydrogen) atoms. The van der Waals surface area contributed by atoms with Crippen LogP contribution in [0.5, 0.6) is 0 Å². The van der Waals surface area contributed by atoms with E-state index in [4.69, 9.17) is 11.6 Å². The largest absolute Gasteiger partial charge is 0.416 e. The van der Waals surface area contributed by atoms with Crippen molar-refractivity contribution in [1.82, 2.24) is 9.97 Å². The molecule has 1 heterocycles. The zero-order valence-corrected chi connectivity index (χ0v) is 14.1. The number of halogens is 4. The molecule has 0 aliphatic rings. The van der Waals surface area contributed by atoms with Gasteiger partial charge in [-0.1, -0.05) is 36.7 Å². The van der Waals surface area contributed by atoms with E-state index in [0.717, 1.165) is 28.3 Å². The van der Waals surface area contributed by atoms with Gasteiger partial charge in [0.05, 0.1) is 11.1 Å². The second-order valence-electron chi connectivity index (χ2n) is 5.00. The first-order valence-electron chi connectivity index (χ1n) is 7.17. The van der Waals surface area contributed by atoms with Crippen LogP contribution in [0.3, 0.4) is 0 Å². The maximum atomic E-state index is 12.9. The summed E-state index contributed by atoms with van der Waals surface area (Å²) >= 11 is 7.78. The molecule has 0 fully saturated rings. The Kier molecular flexibility index (Phi) is 4.69. The van der Waals surface area contributed by atoms with Gasteiger partial charge in [-0.3, -0.25) is 0 Å². The van der Waals surface area contributed by atoms with Gasteiger partial charge in [0.1, 0.15) is 5.15 Å². The van der Waals surface area contributed by atoms with Crippen molar-refractivity contribution in [2.24, 2.45) is 0 Å². The van der Waals surface area contributed by atoms with Crippen LogP contribution in [0.25, 0.3) is 22.3 Å². The van der Waals surface area contributed by atoms with E-state index < -0.39 is 11.7 Å². The number of benzene rings is 2. The molecular weight excluding hydrogens is 357 g/mol. The fourth-order valence-corrected chi connectivity index (χ4v) is 3.36. The van der Waals surface area contributed by atoms with Gasteiger partial charge >= 0.3 is 6.18 Å². The number of aromatic nitrogens is 2. The van der Waals surface area contributed by atoms with E-state index in [1.807, 2.05) is 31.2 Å². The highest BCUT2D eigenvalue weighted by Gasteiger charge is 2.30. The highest BCUT2D eigenvalue weighted by atomic mass is 35.5. The molecule has 0 atom stereocenters. The number of nitrogens with zero attached hydrogens (tertiary/aromatic N) is 2. The third kappa shape index (κ3) is 3.35. The Morgan fingerprint density at radius 3 is 2.54 bits per heavy atom. The van der Waals surface area contributed by atoms with Crippen molar-refractivity contribution in [3.05, 3.63) is 53.2 Å². The highest BCUT2D eigenvalue weighted by Crippen LogP contribution is 2.35. The van der Waals surface area contributed by atoms with Crippen LogP contribution in [-0.2, 0) is 6.18 Å². The maximum Gasteiger partial charge on any atom is 0.416 e. The lowest BCUT2D eigenvalue weighted by Crippen LogP contribution is -2.05. The van der Waals surface area contributed by atoms with Gasteiger partial charge in [0.25, 0.3) is 0 Å². The van der Waals surface area contributed by atoms with Gasteiger partial charge in [0.15, 0.2) is 5.82 Å². The lowest BCUT2D eigenvalue weighted by molar-refractivity contribution is -0.137. The van der Waals surface area contributed by atoms with Crippen molar-refractivity contribution in [3.8, 4) is 11.4 Å². The Morgan fingerprint density at radius 1 is 1.08 bits per heavy atom. The van der Waals surface area contributed by atoms with E-state index in [-0.39, 0.29) is 10.7 Å². The minimum atomic E-state index is -4.43. The standard InChI is InChI=1S/C17H12ClF3N2S/c1-2-24-14-6-4-3-5-12(14)16-22-13-9-10(17(19,20)21)7-8-11(13)15(18)23-16/h3-9H,2H2,1H3. The third-order valence-electron chi connectivity index (χ3n) is 3.41. The fourth-order valence-electron chi connectivity index (χ4n) is 2.32. The molecule has 1 aromatic heterocycles. The van der Waals surface area contributed by atoms with Crippen LogP contribution < -0.4 is 0 Å². The Morgan fingerprint density at radius 2 is 1.83 bits per heavy atom. The van der Waals surface area contributed by atoms with E-state index in [0.29, 0.717) is 11.2 Å². The number of alkyl halides is 3. The second-order valence-corrected chi connectivity index (χ2v) is 6.66. The summed E-state index contributed by atoms with van der Waals surface area (Å²) in [6, 6.07) is 10.8. The van der Waals surface area contributed by atoms with Crippen LogP contribution in [0.2, 0.25) is 5.15 Å². The first-order valence-corrected chi connectivity index (χ1v) is 8.53. The SMILES string of the molecule is CCSc1ccccc1-c1nc(Cl)c2ccc(C(F)(F)F)cc2n1. The predicted molar refractivity (Wildman–Crippen MR) is 91.4 cm³/mol. The summed E-state index contributed by atoms with van der Waals surface area (Å²) in [5, 5.41) is 0.536. The van der Waals surface area contributed by atoms with Crippen molar-refractivity contribution < 1.29 is 13.2 Å². The summed E-state index contributed by atoms with van der Waals surface area (Å²) < 4.78 is 38.8. The number of fused-ring (bicyclic) bond motifs is 1. The molecule has 0 unspecified atom stereocenters. The van der Waals surface area contributed by atoms with Gasteiger partial charge in [-0.15, -0.1) is 11.8 Å². The lowest BCUT2D eigenvalue weighted by atomic mass is 10.1. The summed E-state index contributed by atoms with van der Waals surface area (Å²) in [6.07, 6.45) is -4.43. The molecule has 0 saturated heterocycles. The van der Waals surface area contributed by atoms with Crippen molar-refractivity contribution in [3.63, 3.8) is 0 Å². The van der Waals surface area contributed by atoms with E-state index in [1.54, 1.807) is 11.8 Å². The molecule has 0 amide bonds. The maximum absolute atomic E-state index is 12.9. The quantitative estimate of drug-likeness (QED) is 0.414. The van der Waals surface area contributed by atoms with Gasteiger partial charge in [-0.2, -0.15) is 13.2 Å². The van der Waals surface area contributed by atoms with Gasteiger partial charge in [0, 0.05) is 15.8 Å². The molecule has 0 aliphatic carbocycles. The van der Waals surface area contributed by atoms with Gasteiger partial charge in [0.2, 0.25) is 0 Å². The molecule has 0 N–H and O–H groups in total. The van der Waals surface area contributed by atoms with E-state index in [1.165, 1.54) is 6.07 Å². The monoisotopic (exact) mass is 368 g/mol. The summed E-state index contributed by atoms with van der Waals surface area (Å²) in [7, 11) is 0. The molecule has 3 aromatic rings. The summed E-state index contributed by atoms with van der Waals surface area (Å²) in [6.45, 7) is 2.02. The Labute approximate surface area is 146 Å². The van der Waals surface area contributed by atoms with E-state index in [2.05, 4.69) is 9.97 Å². The van der Waals surface area contributed by atoms with Gasteiger partial charge in [-0.05, 0) is 30.0 Å². The molecule has 2 nitrogen and oxygen atoms in total. The normalized spacial score (nSPS) is 11.9. The molecule has 0 bridgehead atoms. The molecule has 0 radical (unpaired) electrons. The Balaban J connectivity index is 2.20. The summed E-state index contributed by atoms with van der Waals surface area (Å²) in [5.41, 5.74) is 0.175. The molecule has 0 spiro atoms. The van der Waals surface area contributed by atoms with Crippen LogP contribution >= 0.6 is 23.4 Å². The molecular formula is C17H12ClF3N2S. The number of thioether (sulfide) groups is 1. The van der Waals surface area contributed by atoms with E-state index >= 15 is 0 Å². The lowest BCUT2D eigenvalue weighted by Gasteiger charge is -2.11. The van der Waals surface area contributed by atoms with Gasteiger partial charge in [-0.25, -0.2) is 9.97 Å². The Bertz CT molecular complexity index is 897. The van der Waals surface area contributed by atoms with Crippen molar-refractivity contribution in [2.45, 2.75) is 18.0 Å². The zero-order valence-electron chi connectivity index (χ0n) is 12.6. The van der Waals surface area contributed by atoms with E-state index in [9.17, 15) is 13.2 Å². The van der Waals surface area contributed by atoms with Crippen molar-refractivity contribution in [1.29, 1.82) is 0 Å². The molecule has 7 heteroatoms. The topological polar surface area (TPSA) is 25.8 Å². The van der Waals surface area contributed by atoms with Crippen molar-refractivity contribution in [2.75, 3.05) is 5.75 Å². The van der Waals surface area contributed by atoms with Crippen LogP contribution in [0, 0.1) is 0 Å². The molecule has 0 aliphatic heterocycles. The molecule has 124 valence electrons. The minimum Gasteiger partial charge on any atom is -0.228 e.